The lowest BCUT2D eigenvalue weighted by molar-refractivity contribution is -0.110. The van der Waals surface area contributed by atoms with Gasteiger partial charge in [0.2, 0.25) is 0 Å². The normalized spacial score (nSPS) is 13.7. The van der Waals surface area contributed by atoms with Crippen molar-refractivity contribution < 1.29 is 9.18 Å². The van der Waals surface area contributed by atoms with Crippen molar-refractivity contribution in [3.05, 3.63) is 69.4 Å². The lowest BCUT2D eigenvalue weighted by Gasteiger charge is -2.15. The van der Waals surface area contributed by atoms with Crippen LogP contribution in [0.5, 0.6) is 0 Å². The number of hydrogen-bond donors (Lipinski definition) is 0. The molecule has 0 fully saturated rings. The Morgan fingerprint density at radius 3 is 2.38 bits per heavy atom. The van der Waals surface area contributed by atoms with Crippen molar-refractivity contribution in [2.45, 2.75) is 26.2 Å². The minimum atomic E-state index is -0.207. The van der Waals surface area contributed by atoms with E-state index in [-0.39, 0.29) is 17.7 Å². The summed E-state index contributed by atoms with van der Waals surface area (Å²) in [5.41, 5.74) is 2.62. The highest BCUT2D eigenvalue weighted by molar-refractivity contribution is 9.10. The molecule has 0 aromatic heterocycles. The zero-order valence-corrected chi connectivity index (χ0v) is 13.7. The fourth-order valence-electron chi connectivity index (χ4n) is 2.40. The number of carbonyl (C=O) groups is 1. The van der Waals surface area contributed by atoms with Gasteiger partial charge in [-0.3, -0.25) is 0 Å². The van der Waals surface area contributed by atoms with E-state index in [2.05, 4.69) is 15.9 Å². The molecule has 2 unspecified atom stereocenters. The van der Waals surface area contributed by atoms with E-state index in [1.807, 2.05) is 50.2 Å². The highest BCUT2D eigenvalue weighted by Gasteiger charge is 2.14. The average molecular weight is 349 g/mol. The number of rotatable bonds is 5. The summed E-state index contributed by atoms with van der Waals surface area (Å²) < 4.78 is 15.3. The molecule has 1 nitrogen and oxygen atoms in total. The van der Waals surface area contributed by atoms with Crippen LogP contribution >= 0.6 is 15.9 Å². The minimum absolute atomic E-state index is 0.00403. The first-order chi connectivity index (χ1) is 10.0. The Kier molecular flexibility index (Phi) is 5.29. The summed E-state index contributed by atoms with van der Waals surface area (Å²) in [6.07, 6.45) is 1.48. The fraction of sp³-hybridized carbons (Fsp3) is 0.278. The van der Waals surface area contributed by atoms with Crippen molar-refractivity contribution in [1.82, 2.24) is 0 Å². The van der Waals surface area contributed by atoms with Crippen LogP contribution in [0, 0.1) is 11.7 Å². The Labute approximate surface area is 133 Å². The third kappa shape index (κ3) is 4.01. The quantitative estimate of drug-likeness (QED) is 0.685. The van der Waals surface area contributed by atoms with Gasteiger partial charge < -0.3 is 4.79 Å². The number of carbonyl (C=O) groups excluding carboxylic acids is 1. The first-order valence-electron chi connectivity index (χ1n) is 7.00. The van der Waals surface area contributed by atoms with Crippen molar-refractivity contribution in [1.29, 1.82) is 0 Å². The summed E-state index contributed by atoms with van der Waals surface area (Å²) in [4.78, 5) is 10.7. The Hall–Kier alpha value is -1.48. The minimum Gasteiger partial charge on any atom is -0.303 e. The van der Waals surface area contributed by atoms with E-state index in [0.29, 0.717) is 12.0 Å². The van der Waals surface area contributed by atoms with E-state index >= 15 is 0 Å². The van der Waals surface area contributed by atoms with E-state index in [4.69, 9.17) is 0 Å². The van der Waals surface area contributed by atoms with Crippen LogP contribution in [0.2, 0.25) is 0 Å². The Morgan fingerprint density at radius 1 is 1.14 bits per heavy atom. The topological polar surface area (TPSA) is 17.1 Å². The van der Waals surface area contributed by atoms with Crippen LogP contribution in [0.15, 0.2) is 46.9 Å². The largest absolute Gasteiger partial charge is 0.303 e. The lowest BCUT2D eigenvalue weighted by Crippen LogP contribution is -2.04. The maximum Gasteiger partial charge on any atom is 0.127 e. The van der Waals surface area contributed by atoms with Gasteiger partial charge in [-0.15, -0.1) is 0 Å². The molecule has 0 aliphatic heterocycles. The summed E-state index contributed by atoms with van der Waals surface area (Å²) in [5.74, 6) is -0.296. The molecule has 0 aliphatic carbocycles. The molecular formula is C18H18BrFO. The zero-order valence-electron chi connectivity index (χ0n) is 12.1. The molecule has 0 N–H and O–H groups in total. The number of hydrogen-bond acceptors (Lipinski definition) is 1. The van der Waals surface area contributed by atoms with Gasteiger partial charge in [0.1, 0.15) is 12.1 Å². The number of aldehydes is 1. The SMILES string of the molecule is CC(C=O)Cc1ccc(C(C)c2ccc(Br)cc2)c(F)c1. The second-order valence-electron chi connectivity index (χ2n) is 5.45. The maximum absolute atomic E-state index is 14.3. The van der Waals surface area contributed by atoms with Crippen LogP contribution in [0.1, 0.15) is 36.5 Å². The van der Waals surface area contributed by atoms with Crippen LogP contribution in [-0.2, 0) is 11.2 Å². The van der Waals surface area contributed by atoms with Gasteiger partial charge in [0.05, 0.1) is 0 Å². The van der Waals surface area contributed by atoms with E-state index < -0.39 is 0 Å². The van der Waals surface area contributed by atoms with Gasteiger partial charge in [0, 0.05) is 16.3 Å². The molecule has 0 saturated carbocycles. The summed E-state index contributed by atoms with van der Waals surface area (Å²) in [7, 11) is 0. The van der Waals surface area contributed by atoms with Crippen molar-refractivity contribution in [3.63, 3.8) is 0 Å². The van der Waals surface area contributed by atoms with Crippen LogP contribution in [0.3, 0.4) is 0 Å². The predicted octanol–water partition coefficient (Wildman–Crippen LogP) is 5.12. The highest BCUT2D eigenvalue weighted by Crippen LogP contribution is 2.28. The molecule has 110 valence electrons. The molecule has 0 amide bonds. The van der Waals surface area contributed by atoms with Crippen LogP contribution in [0.4, 0.5) is 4.39 Å². The third-order valence-corrected chi connectivity index (χ3v) is 4.22. The van der Waals surface area contributed by atoms with Gasteiger partial charge in [-0.05, 0) is 41.3 Å². The Balaban J connectivity index is 2.23. The first-order valence-corrected chi connectivity index (χ1v) is 7.79. The predicted molar refractivity (Wildman–Crippen MR) is 87.0 cm³/mol. The summed E-state index contributed by atoms with van der Waals surface area (Å²) >= 11 is 3.40. The van der Waals surface area contributed by atoms with Gasteiger partial charge >= 0.3 is 0 Å². The highest BCUT2D eigenvalue weighted by atomic mass is 79.9. The monoisotopic (exact) mass is 348 g/mol. The van der Waals surface area contributed by atoms with Gasteiger partial charge in [-0.1, -0.05) is 54.0 Å². The lowest BCUT2D eigenvalue weighted by atomic mass is 9.91. The van der Waals surface area contributed by atoms with Gasteiger partial charge in [0.25, 0.3) is 0 Å². The van der Waals surface area contributed by atoms with Crippen molar-refractivity contribution in [3.8, 4) is 0 Å². The molecule has 0 radical (unpaired) electrons. The molecule has 2 aromatic carbocycles. The molecule has 21 heavy (non-hydrogen) atoms. The van der Waals surface area contributed by atoms with Gasteiger partial charge in [-0.2, -0.15) is 0 Å². The van der Waals surface area contributed by atoms with Crippen LogP contribution in [-0.4, -0.2) is 6.29 Å². The fourth-order valence-corrected chi connectivity index (χ4v) is 2.66. The third-order valence-electron chi connectivity index (χ3n) is 3.69. The zero-order chi connectivity index (χ0) is 15.4. The first kappa shape index (κ1) is 15.9. The van der Waals surface area contributed by atoms with Gasteiger partial charge in [-0.25, -0.2) is 4.39 Å². The van der Waals surface area contributed by atoms with E-state index in [0.717, 1.165) is 21.9 Å². The van der Waals surface area contributed by atoms with Crippen molar-refractivity contribution >= 4 is 22.2 Å². The molecule has 0 bridgehead atoms. The Morgan fingerprint density at radius 2 is 1.81 bits per heavy atom. The van der Waals surface area contributed by atoms with E-state index in [1.54, 1.807) is 6.07 Å². The van der Waals surface area contributed by atoms with Crippen LogP contribution in [0.25, 0.3) is 0 Å². The molecule has 2 rings (SSSR count). The van der Waals surface area contributed by atoms with E-state index in [1.165, 1.54) is 0 Å². The molecule has 0 spiro atoms. The molecular weight excluding hydrogens is 331 g/mol. The molecule has 0 saturated heterocycles. The van der Waals surface area contributed by atoms with Crippen LogP contribution < -0.4 is 0 Å². The summed E-state index contributed by atoms with van der Waals surface area (Å²) in [6, 6.07) is 13.2. The summed E-state index contributed by atoms with van der Waals surface area (Å²) in [5, 5.41) is 0. The standard InChI is InChI=1S/C18H18BrFO/c1-12(11-21)9-14-3-8-17(18(20)10-14)13(2)15-4-6-16(19)7-5-15/h3-8,10-13H,9H2,1-2H3. The van der Waals surface area contributed by atoms with E-state index in [9.17, 15) is 9.18 Å². The Bertz CT molecular complexity index is 622. The average Bonchev–Trinajstić information content (AvgIpc) is 2.47. The van der Waals surface area contributed by atoms with Crippen molar-refractivity contribution in [2.75, 3.05) is 0 Å². The second kappa shape index (κ2) is 6.99. The number of halogens is 2. The maximum atomic E-state index is 14.3. The molecule has 3 heteroatoms. The summed E-state index contributed by atoms with van der Waals surface area (Å²) in [6.45, 7) is 3.83. The second-order valence-corrected chi connectivity index (χ2v) is 6.36. The number of benzene rings is 2. The van der Waals surface area contributed by atoms with Crippen molar-refractivity contribution in [2.24, 2.45) is 5.92 Å². The molecule has 2 atom stereocenters. The molecule has 2 aromatic rings. The molecule has 0 heterocycles. The smallest absolute Gasteiger partial charge is 0.127 e. The molecule has 0 aliphatic rings. The van der Waals surface area contributed by atoms with Gasteiger partial charge in [0.15, 0.2) is 0 Å².